The van der Waals surface area contributed by atoms with Crippen LogP contribution in [0.5, 0.6) is 0 Å². The standard InChI is InChI=1S/C10H20ClO5P/c1-8(16-17(12,13)14)6-15-7-9-2-4-10(11)5-3-9/h8-10H,2-7H2,1H3,(H2,12,13,14). The van der Waals surface area contributed by atoms with Gasteiger partial charge in [0, 0.05) is 12.0 Å². The second-order valence-electron chi connectivity index (χ2n) is 4.56. The van der Waals surface area contributed by atoms with Crippen molar-refractivity contribution in [1.29, 1.82) is 0 Å². The summed E-state index contributed by atoms with van der Waals surface area (Å²) in [5.74, 6) is 0.507. The number of alkyl halides is 1. The highest BCUT2D eigenvalue weighted by atomic mass is 35.5. The van der Waals surface area contributed by atoms with Crippen molar-refractivity contribution in [3.8, 4) is 0 Å². The van der Waals surface area contributed by atoms with Crippen LogP contribution in [0, 0.1) is 5.92 Å². The second kappa shape index (κ2) is 7.07. The van der Waals surface area contributed by atoms with E-state index in [1.54, 1.807) is 6.92 Å². The van der Waals surface area contributed by atoms with E-state index in [1.807, 2.05) is 0 Å². The van der Waals surface area contributed by atoms with Gasteiger partial charge in [-0.2, -0.15) is 0 Å². The predicted octanol–water partition coefficient (Wildman–Crippen LogP) is 2.30. The van der Waals surface area contributed by atoms with Crippen molar-refractivity contribution < 1.29 is 23.6 Å². The Bertz CT molecular complexity index is 261. The van der Waals surface area contributed by atoms with Crippen molar-refractivity contribution >= 4 is 19.4 Å². The van der Waals surface area contributed by atoms with Crippen LogP contribution < -0.4 is 0 Å². The molecule has 1 atom stereocenters. The maximum Gasteiger partial charge on any atom is 0.469 e. The summed E-state index contributed by atoms with van der Waals surface area (Å²) in [5, 5.41) is 0.295. The van der Waals surface area contributed by atoms with Crippen molar-refractivity contribution in [3.63, 3.8) is 0 Å². The Morgan fingerprint density at radius 3 is 2.47 bits per heavy atom. The quantitative estimate of drug-likeness (QED) is 0.579. The highest BCUT2D eigenvalue weighted by Crippen LogP contribution is 2.37. The molecule has 0 bridgehead atoms. The van der Waals surface area contributed by atoms with Crippen LogP contribution in [0.4, 0.5) is 0 Å². The van der Waals surface area contributed by atoms with E-state index in [1.165, 1.54) is 0 Å². The largest absolute Gasteiger partial charge is 0.469 e. The molecule has 7 heteroatoms. The first-order valence-electron chi connectivity index (χ1n) is 5.82. The number of phosphoric acid groups is 1. The van der Waals surface area contributed by atoms with Gasteiger partial charge in [0.05, 0.1) is 12.7 Å². The minimum Gasteiger partial charge on any atom is -0.378 e. The van der Waals surface area contributed by atoms with Gasteiger partial charge in [0.2, 0.25) is 0 Å². The molecule has 0 aromatic carbocycles. The van der Waals surface area contributed by atoms with Crippen molar-refractivity contribution in [2.45, 2.75) is 44.1 Å². The molecule has 102 valence electrons. The molecule has 0 radical (unpaired) electrons. The van der Waals surface area contributed by atoms with Gasteiger partial charge in [0.1, 0.15) is 0 Å². The third-order valence-electron chi connectivity index (χ3n) is 2.80. The zero-order chi connectivity index (χ0) is 12.9. The molecule has 1 fully saturated rings. The number of hydrogen-bond donors (Lipinski definition) is 2. The van der Waals surface area contributed by atoms with E-state index in [2.05, 4.69) is 4.52 Å². The van der Waals surface area contributed by atoms with E-state index in [-0.39, 0.29) is 6.61 Å². The number of rotatable bonds is 6. The van der Waals surface area contributed by atoms with Crippen molar-refractivity contribution in [2.24, 2.45) is 5.92 Å². The lowest BCUT2D eigenvalue weighted by Crippen LogP contribution is -2.22. The van der Waals surface area contributed by atoms with Crippen LogP contribution in [-0.2, 0) is 13.8 Å². The number of ether oxygens (including phenoxy) is 1. The Kier molecular flexibility index (Phi) is 6.41. The fourth-order valence-electron chi connectivity index (χ4n) is 1.95. The molecule has 0 aromatic heterocycles. The van der Waals surface area contributed by atoms with Crippen LogP contribution in [0.3, 0.4) is 0 Å². The fourth-order valence-corrected chi connectivity index (χ4v) is 2.74. The van der Waals surface area contributed by atoms with Crippen molar-refractivity contribution in [1.82, 2.24) is 0 Å². The average molecular weight is 287 g/mol. The van der Waals surface area contributed by atoms with Crippen LogP contribution >= 0.6 is 19.4 Å². The maximum absolute atomic E-state index is 10.5. The monoisotopic (exact) mass is 286 g/mol. The van der Waals surface area contributed by atoms with Crippen LogP contribution in [0.15, 0.2) is 0 Å². The Labute approximate surface area is 107 Å². The van der Waals surface area contributed by atoms with Crippen molar-refractivity contribution in [3.05, 3.63) is 0 Å². The summed E-state index contributed by atoms with van der Waals surface area (Å²) < 4.78 is 20.4. The Balaban J connectivity index is 2.09. The van der Waals surface area contributed by atoms with E-state index in [9.17, 15) is 4.57 Å². The summed E-state index contributed by atoms with van der Waals surface area (Å²) in [6, 6.07) is 0. The zero-order valence-corrected chi connectivity index (χ0v) is 11.6. The van der Waals surface area contributed by atoms with E-state index in [4.69, 9.17) is 26.1 Å². The summed E-state index contributed by atoms with van der Waals surface area (Å²) in [6.07, 6.45) is 3.55. The molecule has 0 heterocycles. The number of halogens is 1. The molecular weight excluding hydrogens is 267 g/mol. The molecule has 1 rings (SSSR count). The molecule has 17 heavy (non-hydrogen) atoms. The minimum atomic E-state index is -4.40. The molecule has 5 nitrogen and oxygen atoms in total. The average Bonchev–Trinajstić information content (AvgIpc) is 2.18. The Hall–Kier alpha value is 0.360. The lowest BCUT2D eigenvalue weighted by molar-refractivity contribution is 0.0214. The number of hydrogen-bond acceptors (Lipinski definition) is 3. The topological polar surface area (TPSA) is 76.0 Å². The van der Waals surface area contributed by atoms with Crippen molar-refractivity contribution in [2.75, 3.05) is 13.2 Å². The smallest absolute Gasteiger partial charge is 0.378 e. The van der Waals surface area contributed by atoms with E-state index >= 15 is 0 Å². The zero-order valence-electron chi connectivity index (χ0n) is 9.92. The summed E-state index contributed by atoms with van der Waals surface area (Å²) in [6.45, 7) is 2.39. The van der Waals surface area contributed by atoms with Crippen LogP contribution in [0.2, 0.25) is 0 Å². The normalized spacial score (nSPS) is 28.0. The number of phosphoric ester groups is 1. The van der Waals surface area contributed by atoms with Crippen LogP contribution in [0.25, 0.3) is 0 Å². The van der Waals surface area contributed by atoms with Crippen LogP contribution in [0.1, 0.15) is 32.6 Å². The molecule has 0 saturated heterocycles. The molecule has 1 unspecified atom stereocenters. The predicted molar refractivity (Wildman–Crippen MR) is 65.0 cm³/mol. The molecule has 1 aliphatic rings. The Morgan fingerprint density at radius 2 is 1.94 bits per heavy atom. The molecule has 0 spiro atoms. The molecule has 1 aliphatic carbocycles. The van der Waals surface area contributed by atoms with E-state index in [0.717, 1.165) is 25.7 Å². The van der Waals surface area contributed by atoms with E-state index in [0.29, 0.717) is 17.9 Å². The van der Waals surface area contributed by atoms with Gasteiger partial charge < -0.3 is 14.5 Å². The van der Waals surface area contributed by atoms with Gasteiger partial charge in [-0.15, -0.1) is 11.6 Å². The van der Waals surface area contributed by atoms with Gasteiger partial charge in [-0.25, -0.2) is 4.57 Å². The Morgan fingerprint density at radius 1 is 1.35 bits per heavy atom. The first kappa shape index (κ1) is 15.4. The van der Waals surface area contributed by atoms with E-state index < -0.39 is 13.9 Å². The molecule has 2 N–H and O–H groups in total. The third kappa shape index (κ3) is 7.39. The lowest BCUT2D eigenvalue weighted by Gasteiger charge is -2.25. The highest BCUT2D eigenvalue weighted by Gasteiger charge is 2.21. The molecule has 0 aromatic rings. The van der Waals surface area contributed by atoms with Gasteiger partial charge in [0.15, 0.2) is 0 Å². The summed E-state index contributed by atoms with van der Waals surface area (Å²) in [7, 11) is -4.40. The van der Waals surface area contributed by atoms with Gasteiger partial charge >= 0.3 is 7.82 Å². The molecule has 0 amide bonds. The first-order chi connectivity index (χ1) is 7.87. The lowest BCUT2D eigenvalue weighted by atomic mass is 9.90. The fraction of sp³-hybridized carbons (Fsp3) is 1.00. The summed E-state index contributed by atoms with van der Waals surface area (Å²) in [4.78, 5) is 17.2. The first-order valence-corrected chi connectivity index (χ1v) is 7.79. The maximum atomic E-state index is 10.5. The molecular formula is C10H20ClO5P. The van der Waals surface area contributed by atoms with Gasteiger partial charge in [0.25, 0.3) is 0 Å². The van der Waals surface area contributed by atoms with Gasteiger partial charge in [-0.05, 0) is 38.5 Å². The minimum absolute atomic E-state index is 0.200. The summed E-state index contributed by atoms with van der Waals surface area (Å²) >= 11 is 5.99. The van der Waals surface area contributed by atoms with Gasteiger partial charge in [-0.1, -0.05) is 0 Å². The summed E-state index contributed by atoms with van der Waals surface area (Å²) in [5.41, 5.74) is 0. The van der Waals surface area contributed by atoms with Gasteiger partial charge in [-0.3, -0.25) is 4.52 Å². The highest BCUT2D eigenvalue weighted by molar-refractivity contribution is 7.46. The molecule has 1 saturated carbocycles. The second-order valence-corrected chi connectivity index (χ2v) is 6.37. The SMILES string of the molecule is CC(COCC1CCC(Cl)CC1)OP(=O)(O)O. The van der Waals surface area contributed by atoms with Crippen LogP contribution in [-0.4, -0.2) is 34.5 Å². The molecule has 0 aliphatic heterocycles. The third-order valence-corrected chi connectivity index (χ3v) is 3.87.